The molecule has 3 rings (SSSR count). The Kier molecular flexibility index (Phi) is 2.41. The van der Waals surface area contributed by atoms with Gasteiger partial charge in [0.25, 0.3) is 0 Å². The van der Waals surface area contributed by atoms with Gasteiger partial charge in [-0.05, 0) is 11.1 Å². The van der Waals surface area contributed by atoms with Gasteiger partial charge in [-0.2, -0.15) is 13.2 Å². The Morgan fingerprint density at radius 1 is 1.24 bits per heavy atom. The molecule has 0 saturated carbocycles. The van der Waals surface area contributed by atoms with Crippen LogP contribution in [0, 0.1) is 0 Å². The van der Waals surface area contributed by atoms with Crippen molar-refractivity contribution in [3.05, 3.63) is 35.4 Å². The minimum absolute atomic E-state index is 0.267. The average Bonchev–Trinajstić information content (AvgIpc) is 2.72. The van der Waals surface area contributed by atoms with Gasteiger partial charge in [0.2, 0.25) is 0 Å². The summed E-state index contributed by atoms with van der Waals surface area (Å²) in [4.78, 5) is 0. The summed E-state index contributed by atoms with van der Waals surface area (Å²) < 4.78 is 44.2. The Labute approximate surface area is 96.8 Å². The second-order valence-corrected chi connectivity index (χ2v) is 4.50. The lowest BCUT2D eigenvalue weighted by Gasteiger charge is -2.31. The minimum atomic E-state index is -4.23. The highest BCUT2D eigenvalue weighted by Gasteiger charge is 2.53. The van der Waals surface area contributed by atoms with E-state index in [0.29, 0.717) is 6.61 Å². The van der Waals surface area contributed by atoms with E-state index in [1.807, 2.05) is 12.1 Å². The molecule has 5 heteroatoms. The number of halogens is 3. The fraction of sp³-hybridized carbons (Fsp3) is 0.500. The first-order valence-electron chi connectivity index (χ1n) is 5.57. The van der Waals surface area contributed by atoms with Crippen LogP contribution in [0.25, 0.3) is 0 Å². The molecule has 1 fully saturated rings. The molecular weight excluding hydrogens is 231 g/mol. The predicted octanol–water partition coefficient (Wildman–Crippen LogP) is 2.20. The van der Waals surface area contributed by atoms with E-state index in [-0.39, 0.29) is 12.6 Å². The standard InChI is InChI=1S/C12H12F3NO/c13-12(14,15)11-10-8-4-2-1-3-7(8)6-17-9(10)5-16-11/h1-4,9-11,16H,5-6H2. The second-order valence-electron chi connectivity index (χ2n) is 4.50. The van der Waals surface area contributed by atoms with Gasteiger partial charge >= 0.3 is 6.18 Å². The predicted molar refractivity (Wildman–Crippen MR) is 55.6 cm³/mol. The van der Waals surface area contributed by atoms with E-state index in [4.69, 9.17) is 4.74 Å². The van der Waals surface area contributed by atoms with Crippen molar-refractivity contribution in [2.75, 3.05) is 6.54 Å². The number of fused-ring (bicyclic) bond motifs is 3. The lowest BCUT2D eigenvalue weighted by Crippen LogP contribution is -2.42. The lowest BCUT2D eigenvalue weighted by molar-refractivity contribution is -0.159. The lowest BCUT2D eigenvalue weighted by atomic mass is 9.85. The van der Waals surface area contributed by atoms with Crippen LogP contribution in [0.1, 0.15) is 17.0 Å². The molecule has 2 heterocycles. The van der Waals surface area contributed by atoms with Crippen molar-refractivity contribution in [2.24, 2.45) is 0 Å². The Bertz CT molecular complexity index is 432. The molecule has 2 aliphatic rings. The molecule has 1 saturated heterocycles. The van der Waals surface area contributed by atoms with Crippen molar-refractivity contribution in [3.63, 3.8) is 0 Å². The Balaban J connectivity index is 2.02. The van der Waals surface area contributed by atoms with Crippen LogP contribution in [0.4, 0.5) is 13.2 Å². The van der Waals surface area contributed by atoms with Crippen LogP contribution in [-0.4, -0.2) is 24.9 Å². The number of benzene rings is 1. The summed E-state index contributed by atoms with van der Waals surface area (Å²) in [6, 6.07) is 5.73. The number of hydrogen-bond donors (Lipinski definition) is 1. The van der Waals surface area contributed by atoms with Crippen LogP contribution in [0.2, 0.25) is 0 Å². The topological polar surface area (TPSA) is 21.3 Å². The summed E-state index contributed by atoms with van der Waals surface area (Å²) in [6.07, 6.45) is -4.59. The number of nitrogens with one attached hydrogen (secondary N) is 1. The summed E-state index contributed by atoms with van der Waals surface area (Å²) in [6.45, 7) is 0.673. The molecular formula is C12H12F3NO. The third-order valence-corrected chi connectivity index (χ3v) is 3.52. The molecule has 2 aliphatic heterocycles. The number of ether oxygens (including phenoxy) is 1. The minimum Gasteiger partial charge on any atom is -0.372 e. The third-order valence-electron chi connectivity index (χ3n) is 3.52. The van der Waals surface area contributed by atoms with E-state index in [0.717, 1.165) is 11.1 Å². The van der Waals surface area contributed by atoms with Crippen molar-refractivity contribution in [1.29, 1.82) is 0 Å². The maximum absolute atomic E-state index is 12.9. The van der Waals surface area contributed by atoms with E-state index in [9.17, 15) is 13.2 Å². The van der Waals surface area contributed by atoms with Crippen molar-refractivity contribution in [2.45, 2.75) is 30.8 Å². The highest BCUT2D eigenvalue weighted by molar-refractivity contribution is 5.35. The molecule has 17 heavy (non-hydrogen) atoms. The van der Waals surface area contributed by atoms with Gasteiger partial charge in [0, 0.05) is 12.5 Å². The molecule has 3 atom stereocenters. The fourth-order valence-electron chi connectivity index (χ4n) is 2.76. The normalized spacial score (nSPS) is 32.1. The molecule has 0 radical (unpaired) electrons. The highest BCUT2D eigenvalue weighted by atomic mass is 19.4. The first-order chi connectivity index (χ1) is 8.07. The second kappa shape index (κ2) is 3.71. The van der Waals surface area contributed by atoms with Gasteiger partial charge in [0.05, 0.1) is 12.7 Å². The number of rotatable bonds is 0. The number of hydrogen-bond acceptors (Lipinski definition) is 2. The fourth-order valence-corrected chi connectivity index (χ4v) is 2.76. The molecule has 1 aromatic rings. The quantitative estimate of drug-likeness (QED) is 0.754. The van der Waals surface area contributed by atoms with Crippen molar-refractivity contribution < 1.29 is 17.9 Å². The zero-order valence-electron chi connectivity index (χ0n) is 9.00. The smallest absolute Gasteiger partial charge is 0.372 e. The van der Waals surface area contributed by atoms with Crippen LogP contribution in [0.5, 0.6) is 0 Å². The van der Waals surface area contributed by atoms with E-state index in [2.05, 4.69) is 5.32 Å². The molecule has 92 valence electrons. The van der Waals surface area contributed by atoms with Gasteiger partial charge in [0.1, 0.15) is 6.04 Å². The highest BCUT2D eigenvalue weighted by Crippen LogP contribution is 2.42. The summed E-state index contributed by atoms with van der Waals surface area (Å²) in [7, 11) is 0. The van der Waals surface area contributed by atoms with Gasteiger partial charge in [-0.25, -0.2) is 0 Å². The Morgan fingerprint density at radius 2 is 2.00 bits per heavy atom. The third kappa shape index (κ3) is 1.73. The molecule has 0 aromatic heterocycles. The van der Waals surface area contributed by atoms with E-state index in [1.54, 1.807) is 12.1 Å². The zero-order valence-corrected chi connectivity index (χ0v) is 9.00. The monoisotopic (exact) mass is 243 g/mol. The molecule has 0 bridgehead atoms. The van der Waals surface area contributed by atoms with Gasteiger partial charge in [-0.1, -0.05) is 24.3 Å². The Morgan fingerprint density at radius 3 is 2.76 bits per heavy atom. The molecule has 2 nitrogen and oxygen atoms in total. The molecule has 1 N–H and O–H groups in total. The van der Waals surface area contributed by atoms with Crippen LogP contribution in [-0.2, 0) is 11.3 Å². The largest absolute Gasteiger partial charge is 0.404 e. The van der Waals surface area contributed by atoms with E-state index < -0.39 is 18.1 Å². The molecule has 0 amide bonds. The maximum Gasteiger partial charge on any atom is 0.404 e. The van der Waals surface area contributed by atoms with Crippen LogP contribution in [0.15, 0.2) is 24.3 Å². The van der Waals surface area contributed by atoms with Crippen LogP contribution >= 0.6 is 0 Å². The SMILES string of the molecule is FC(F)(F)C1NCC2OCc3ccccc3C21. The summed E-state index contributed by atoms with van der Waals surface area (Å²) >= 11 is 0. The van der Waals surface area contributed by atoms with Gasteiger partial charge in [-0.3, -0.25) is 0 Å². The molecule has 0 spiro atoms. The molecule has 1 aromatic carbocycles. The summed E-state index contributed by atoms with van der Waals surface area (Å²) in [5.41, 5.74) is 1.64. The summed E-state index contributed by atoms with van der Waals surface area (Å²) in [5.74, 6) is -0.611. The van der Waals surface area contributed by atoms with Gasteiger partial charge in [-0.15, -0.1) is 0 Å². The van der Waals surface area contributed by atoms with E-state index in [1.165, 1.54) is 0 Å². The Hall–Kier alpha value is -1.07. The van der Waals surface area contributed by atoms with E-state index >= 15 is 0 Å². The van der Waals surface area contributed by atoms with Crippen molar-refractivity contribution in [1.82, 2.24) is 5.32 Å². The van der Waals surface area contributed by atoms with Crippen molar-refractivity contribution in [3.8, 4) is 0 Å². The zero-order chi connectivity index (χ0) is 12.0. The number of alkyl halides is 3. The van der Waals surface area contributed by atoms with Crippen molar-refractivity contribution >= 4 is 0 Å². The van der Waals surface area contributed by atoms with Gasteiger partial charge in [0.15, 0.2) is 0 Å². The summed E-state index contributed by atoms with van der Waals surface area (Å²) in [5, 5.41) is 2.53. The first kappa shape index (κ1) is 11.0. The maximum atomic E-state index is 12.9. The van der Waals surface area contributed by atoms with Crippen LogP contribution < -0.4 is 5.32 Å². The molecule has 3 unspecified atom stereocenters. The average molecular weight is 243 g/mol. The molecule has 0 aliphatic carbocycles. The van der Waals surface area contributed by atoms with Gasteiger partial charge < -0.3 is 10.1 Å². The van der Waals surface area contributed by atoms with Crippen LogP contribution in [0.3, 0.4) is 0 Å². The first-order valence-corrected chi connectivity index (χ1v) is 5.57.